The van der Waals surface area contributed by atoms with E-state index in [1.807, 2.05) is 44.2 Å². The summed E-state index contributed by atoms with van der Waals surface area (Å²) in [5.41, 5.74) is -0.494. The van der Waals surface area contributed by atoms with Gasteiger partial charge in [-0.1, -0.05) is 30.3 Å². The Morgan fingerprint density at radius 1 is 1.23 bits per heavy atom. The second-order valence-corrected chi connectivity index (χ2v) is 9.23. The van der Waals surface area contributed by atoms with Crippen molar-refractivity contribution in [3.8, 4) is 0 Å². The quantitative estimate of drug-likeness (QED) is 0.539. The van der Waals surface area contributed by atoms with Crippen molar-refractivity contribution in [2.24, 2.45) is 0 Å². The van der Waals surface area contributed by atoms with Crippen molar-refractivity contribution < 1.29 is 23.1 Å². The van der Waals surface area contributed by atoms with E-state index in [0.29, 0.717) is 6.42 Å². The highest BCUT2D eigenvalue weighted by Crippen LogP contribution is 2.61. The molecule has 0 aromatic heterocycles. The molecular formula is C19H30NO5P. The molecule has 2 rings (SSSR count). The van der Waals surface area contributed by atoms with Crippen LogP contribution in [0.4, 0.5) is 0 Å². The first-order valence-electron chi connectivity index (χ1n) is 9.18. The average Bonchev–Trinajstić information content (AvgIpc) is 2.96. The largest absolute Gasteiger partial charge is 0.462 e. The minimum absolute atomic E-state index is 0.221. The van der Waals surface area contributed by atoms with Crippen LogP contribution in [0.1, 0.15) is 52.6 Å². The zero-order chi connectivity index (χ0) is 19.4. The fourth-order valence-electron chi connectivity index (χ4n) is 3.37. The number of carbonyl (C=O) groups is 1. The second-order valence-electron chi connectivity index (χ2n) is 6.97. The maximum Gasteiger partial charge on any atom is 0.335 e. The minimum atomic E-state index is -3.41. The first kappa shape index (κ1) is 21.1. The van der Waals surface area contributed by atoms with Crippen LogP contribution in [0.25, 0.3) is 0 Å². The molecule has 0 amide bonds. The SMILES string of the molecule is CCOP(=O)(OCC)[C@H]1C[C@](C)(C(=O)OC(C)C)N[C@@H]1c1ccccc1. The van der Waals surface area contributed by atoms with Gasteiger partial charge < -0.3 is 13.8 Å². The van der Waals surface area contributed by atoms with Crippen LogP contribution in [0.5, 0.6) is 0 Å². The van der Waals surface area contributed by atoms with Gasteiger partial charge >= 0.3 is 13.6 Å². The predicted octanol–water partition coefficient (Wildman–Crippen LogP) is 4.07. The highest BCUT2D eigenvalue weighted by atomic mass is 31.2. The van der Waals surface area contributed by atoms with E-state index in [2.05, 4.69) is 5.32 Å². The fourth-order valence-corrected chi connectivity index (χ4v) is 5.75. The summed E-state index contributed by atoms with van der Waals surface area (Å²) >= 11 is 0. The third-order valence-electron chi connectivity index (χ3n) is 4.45. The van der Waals surface area contributed by atoms with E-state index in [1.165, 1.54) is 0 Å². The van der Waals surface area contributed by atoms with E-state index in [0.717, 1.165) is 5.56 Å². The van der Waals surface area contributed by atoms with Crippen LogP contribution in [-0.2, 0) is 23.1 Å². The van der Waals surface area contributed by atoms with E-state index < -0.39 is 18.8 Å². The lowest BCUT2D eigenvalue weighted by molar-refractivity contribution is -0.154. The zero-order valence-corrected chi connectivity index (χ0v) is 17.1. The lowest BCUT2D eigenvalue weighted by Gasteiger charge is -2.27. The summed E-state index contributed by atoms with van der Waals surface area (Å²) in [6, 6.07) is 9.33. The molecular weight excluding hydrogens is 353 g/mol. The molecule has 1 heterocycles. The van der Waals surface area contributed by atoms with Gasteiger partial charge in [-0.3, -0.25) is 14.7 Å². The molecule has 0 unspecified atom stereocenters. The summed E-state index contributed by atoms with van der Waals surface area (Å²) in [6.45, 7) is 9.55. The molecule has 0 aliphatic carbocycles. The van der Waals surface area contributed by atoms with Crippen molar-refractivity contribution in [2.45, 2.75) is 64.4 Å². The number of benzene rings is 1. The first-order valence-corrected chi connectivity index (χ1v) is 10.8. The van der Waals surface area contributed by atoms with Crippen molar-refractivity contribution in [3.05, 3.63) is 35.9 Å². The van der Waals surface area contributed by atoms with Crippen molar-refractivity contribution >= 4 is 13.6 Å². The number of rotatable bonds is 8. The van der Waals surface area contributed by atoms with Crippen molar-refractivity contribution in [1.82, 2.24) is 5.32 Å². The summed E-state index contributed by atoms with van der Waals surface area (Å²) in [5, 5.41) is 3.35. The Labute approximate surface area is 156 Å². The standard InChI is InChI=1S/C19H30NO5P/c1-6-23-26(22,24-7-2)16-13-19(5,18(21)25-14(3)4)20-17(16)15-11-9-8-10-12-15/h8-12,14,16-17,20H,6-7,13H2,1-5H3/t16-,17+,19+/m0/s1. The van der Waals surface area contributed by atoms with Crippen molar-refractivity contribution in [1.29, 1.82) is 0 Å². The summed E-state index contributed by atoms with van der Waals surface area (Å²) in [4.78, 5) is 12.7. The molecule has 1 aromatic carbocycles. The van der Waals surface area contributed by atoms with Crippen molar-refractivity contribution in [2.75, 3.05) is 13.2 Å². The van der Waals surface area contributed by atoms with Crippen molar-refractivity contribution in [3.63, 3.8) is 0 Å². The number of hydrogen-bond donors (Lipinski definition) is 1. The van der Waals surface area contributed by atoms with Gasteiger partial charge in [-0.15, -0.1) is 0 Å². The van der Waals surface area contributed by atoms with Gasteiger partial charge in [0.2, 0.25) is 0 Å². The maximum absolute atomic E-state index is 13.5. The van der Waals surface area contributed by atoms with E-state index in [-0.39, 0.29) is 31.3 Å². The van der Waals surface area contributed by atoms with Gasteiger partial charge in [-0.2, -0.15) is 0 Å². The van der Waals surface area contributed by atoms with Crippen LogP contribution in [0, 0.1) is 0 Å². The number of carbonyl (C=O) groups excluding carboxylic acids is 1. The van der Waals surface area contributed by atoms with Gasteiger partial charge in [0.25, 0.3) is 0 Å². The highest BCUT2D eigenvalue weighted by Gasteiger charge is 2.55. The molecule has 0 bridgehead atoms. The Balaban J connectivity index is 2.41. The van der Waals surface area contributed by atoms with E-state index in [9.17, 15) is 9.36 Å². The molecule has 3 atom stereocenters. The van der Waals surface area contributed by atoms with Crippen LogP contribution >= 0.6 is 7.60 Å². The lowest BCUT2D eigenvalue weighted by atomic mass is 9.99. The van der Waals surface area contributed by atoms with Crippen LogP contribution in [-0.4, -0.2) is 36.5 Å². The molecule has 0 saturated carbocycles. The minimum Gasteiger partial charge on any atom is -0.462 e. The lowest BCUT2D eigenvalue weighted by Crippen LogP contribution is -2.47. The number of nitrogens with one attached hydrogen (secondary N) is 1. The molecule has 0 spiro atoms. The van der Waals surface area contributed by atoms with Gasteiger partial charge in [-0.25, -0.2) is 0 Å². The van der Waals surface area contributed by atoms with Crippen LogP contribution in [0.2, 0.25) is 0 Å². The van der Waals surface area contributed by atoms with Gasteiger partial charge in [-0.05, 0) is 46.6 Å². The van der Waals surface area contributed by atoms with E-state index in [4.69, 9.17) is 13.8 Å². The average molecular weight is 383 g/mol. The number of hydrogen-bond acceptors (Lipinski definition) is 6. The summed E-state index contributed by atoms with van der Waals surface area (Å²) in [6.07, 6.45) is 0.0935. The summed E-state index contributed by atoms with van der Waals surface area (Å²) in [7, 11) is -3.41. The Hall–Kier alpha value is -1.20. The molecule has 1 saturated heterocycles. The smallest absolute Gasteiger partial charge is 0.335 e. The van der Waals surface area contributed by atoms with E-state index >= 15 is 0 Å². The zero-order valence-electron chi connectivity index (χ0n) is 16.2. The molecule has 1 aliphatic rings. The van der Waals surface area contributed by atoms with Gasteiger partial charge in [0.15, 0.2) is 0 Å². The Morgan fingerprint density at radius 3 is 2.31 bits per heavy atom. The highest BCUT2D eigenvalue weighted by molar-refractivity contribution is 7.54. The first-order chi connectivity index (χ1) is 12.3. The number of esters is 1. The normalized spacial score (nSPS) is 26.2. The molecule has 146 valence electrons. The molecule has 1 N–H and O–H groups in total. The molecule has 6 nitrogen and oxygen atoms in total. The molecule has 7 heteroatoms. The Kier molecular flexibility index (Phi) is 7.03. The summed E-state index contributed by atoms with van der Waals surface area (Å²) < 4.78 is 30.1. The van der Waals surface area contributed by atoms with Crippen LogP contribution < -0.4 is 5.32 Å². The molecule has 1 aromatic rings. The fraction of sp³-hybridized carbons (Fsp3) is 0.632. The summed E-state index contributed by atoms with van der Waals surface area (Å²) in [5.74, 6) is -0.351. The molecule has 0 radical (unpaired) electrons. The molecule has 26 heavy (non-hydrogen) atoms. The van der Waals surface area contributed by atoms with Gasteiger partial charge in [0.05, 0.1) is 25.0 Å². The topological polar surface area (TPSA) is 73.9 Å². The Morgan fingerprint density at radius 2 is 1.81 bits per heavy atom. The van der Waals surface area contributed by atoms with Gasteiger partial charge in [0.1, 0.15) is 5.54 Å². The monoisotopic (exact) mass is 383 g/mol. The van der Waals surface area contributed by atoms with E-state index in [1.54, 1.807) is 20.8 Å². The third kappa shape index (κ3) is 4.55. The van der Waals surface area contributed by atoms with Crippen LogP contribution in [0.3, 0.4) is 0 Å². The second kappa shape index (κ2) is 8.66. The Bertz CT molecular complexity index is 641. The maximum atomic E-state index is 13.5. The molecule has 1 fully saturated rings. The number of ether oxygens (including phenoxy) is 1. The third-order valence-corrected chi connectivity index (χ3v) is 6.98. The van der Waals surface area contributed by atoms with Crippen LogP contribution in [0.15, 0.2) is 30.3 Å². The predicted molar refractivity (Wildman–Crippen MR) is 101 cm³/mol. The molecule has 1 aliphatic heterocycles. The van der Waals surface area contributed by atoms with Gasteiger partial charge in [0, 0.05) is 6.04 Å².